The van der Waals surface area contributed by atoms with Crippen molar-refractivity contribution in [2.45, 2.75) is 57.6 Å². The van der Waals surface area contributed by atoms with Crippen molar-refractivity contribution in [3.63, 3.8) is 0 Å². The van der Waals surface area contributed by atoms with E-state index < -0.39 is 48.4 Å². The van der Waals surface area contributed by atoms with Crippen LogP contribution in [0.3, 0.4) is 0 Å². The molecule has 1 aliphatic rings. The first-order valence-corrected chi connectivity index (χ1v) is 6.10. The Bertz CT molecular complexity index is 365. The van der Waals surface area contributed by atoms with Crippen LogP contribution in [0.15, 0.2) is 0 Å². The van der Waals surface area contributed by atoms with E-state index in [0.29, 0.717) is 0 Å². The van der Waals surface area contributed by atoms with Crippen molar-refractivity contribution in [1.82, 2.24) is 5.32 Å². The second-order valence-electron chi connectivity index (χ2n) is 5.80. The zero-order valence-electron chi connectivity index (χ0n) is 11.2. The van der Waals surface area contributed by atoms with Crippen LogP contribution >= 0.6 is 0 Å². The number of carboxylic acids is 1. The van der Waals surface area contributed by atoms with Gasteiger partial charge >= 0.3 is 12.1 Å². The third-order valence-electron chi connectivity index (χ3n) is 2.84. The van der Waals surface area contributed by atoms with E-state index in [1.54, 1.807) is 20.8 Å². The standard InChI is InChI=1S/C12H19F2NO4/c1-11(2,3)19-10(18)15-8-4-5-12(13,14)6-7(8)9(16)17/h7-8H,4-6H2,1-3H3,(H,15,18)(H,16,17)/t7-,8+/m1/s1. The van der Waals surface area contributed by atoms with E-state index in [1.807, 2.05) is 0 Å². The van der Waals surface area contributed by atoms with Crippen LogP contribution in [0.25, 0.3) is 0 Å². The molecule has 19 heavy (non-hydrogen) atoms. The fraction of sp³-hybridized carbons (Fsp3) is 0.833. The van der Waals surface area contributed by atoms with Crippen LogP contribution in [0.4, 0.5) is 13.6 Å². The number of alkyl carbamates (subject to hydrolysis) is 1. The van der Waals surface area contributed by atoms with Gasteiger partial charge < -0.3 is 15.2 Å². The highest BCUT2D eigenvalue weighted by Gasteiger charge is 2.45. The fourth-order valence-corrected chi connectivity index (χ4v) is 2.03. The molecule has 0 radical (unpaired) electrons. The molecule has 2 atom stereocenters. The van der Waals surface area contributed by atoms with Gasteiger partial charge in [-0.2, -0.15) is 0 Å². The van der Waals surface area contributed by atoms with Crippen molar-refractivity contribution in [3.8, 4) is 0 Å². The van der Waals surface area contributed by atoms with Crippen molar-refractivity contribution >= 4 is 12.1 Å². The maximum absolute atomic E-state index is 13.2. The molecule has 0 aromatic rings. The van der Waals surface area contributed by atoms with Crippen molar-refractivity contribution < 1.29 is 28.2 Å². The number of amides is 1. The zero-order chi connectivity index (χ0) is 14.8. The number of nitrogens with one attached hydrogen (secondary N) is 1. The van der Waals surface area contributed by atoms with Crippen LogP contribution in [0.1, 0.15) is 40.0 Å². The van der Waals surface area contributed by atoms with Gasteiger partial charge in [0.1, 0.15) is 5.60 Å². The minimum Gasteiger partial charge on any atom is -0.481 e. The first-order valence-electron chi connectivity index (χ1n) is 6.10. The lowest BCUT2D eigenvalue weighted by molar-refractivity contribution is -0.150. The minimum absolute atomic E-state index is 0.0801. The normalized spacial score (nSPS) is 26.6. The summed E-state index contributed by atoms with van der Waals surface area (Å²) in [4.78, 5) is 22.5. The lowest BCUT2D eigenvalue weighted by atomic mass is 9.82. The molecule has 7 heteroatoms. The molecule has 0 heterocycles. The van der Waals surface area contributed by atoms with Gasteiger partial charge in [-0.1, -0.05) is 0 Å². The summed E-state index contributed by atoms with van der Waals surface area (Å²) < 4.78 is 31.4. The molecule has 1 fully saturated rings. The average Bonchev–Trinajstić information content (AvgIpc) is 2.17. The van der Waals surface area contributed by atoms with E-state index in [9.17, 15) is 18.4 Å². The van der Waals surface area contributed by atoms with E-state index in [-0.39, 0.29) is 6.42 Å². The quantitative estimate of drug-likeness (QED) is 0.813. The first-order chi connectivity index (χ1) is 8.50. The van der Waals surface area contributed by atoms with Crippen molar-refractivity contribution in [1.29, 1.82) is 0 Å². The van der Waals surface area contributed by atoms with Gasteiger partial charge in [-0.25, -0.2) is 13.6 Å². The van der Waals surface area contributed by atoms with Gasteiger partial charge in [-0.15, -0.1) is 0 Å². The molecular weight excluding hydrogens is 260 g/mol. The van der Waals surface area contributed by atoms with Crippen LogP contribution in [0, 0.1) is 5.92 Å². The molecule has 2 N–H and O–H groups in total. The number of alkyl halides is 2. The number of rotatable bonds is 2. The van der Waals surface area contributed by atoms with Gasteiger partial charge in [0.2, 0.25) is 5.92 Å². The molecule has 0 aliphatic heterocycles. The molecule has 1 rings (SSSR count). The average molecular weight is 279 g/mol. The summed E-state index contributed by atoms with van der Waals surface area (Å²) in [6.07, 6.45) is -2.06. The highest BCUT2D eigenvalue weighted by molar-refractivity contribution is 5.74. The predicted octanol–water partition coefficient (Wildman–Crippen LogP) is 2.40. The number of carbonyl (C=O) groups is 2. The van der Waals surface area contributed by atoms with Gasteiger partial charge in [0.05, 0.1) is 5.92 Å². The molecule has 1 aliphatic carbocycles. The highest BCUT2D eigenvalue weighted by Crippen LogP contribution is 2.37. The molecule has 0 saturated heterocycles. The summed E-state index contributed by atoms with van der Waals surface area (Å²) in [5, 5.41) is 11.3. The molecule has 0 unspecified atom stereocenters. The molecule has 0 bridgehead atoms. The summed E-state index contributed by atoms with van der Waals surface area (Å²) in [6.45, 7) is 4.99. The smallest absolute Gasteiger partial charge is 0.407 e. The number of hydrogen-bond acceptors (Lipinski definition) is 3. The molecule has 1 saturated carbocycles. The van der Waals surface area contributed by atoms with E-state index in [1.165, 1.54) is 0 Å². The molecule has 0 spiro atoms. The number of halogens is 2. The Morgan fingerprint density at radius 3 is 2.42 bits per heavy atom. The number of hydrogen-bond donors (Lipinski definition) is 2. The maximum Gasteiger partial charge on any atom is 0.407 e. The topological polar surface area (TPSA) is 75.6 Å². The minimum atomic E-state index is -2.99. The second-order valence-corrected chi connectivity index (χ2v) is 5.80. The molecule has 1 amide bonds. The zero-order valence-corrected chi connectivity index (χ0v) is 11.2. The lowest BCUT2D eigenvalue weighted by Crippen LogP contribution is -2.50. The van der Waals surface area contributed by atoms with Crippen LogP contribution in [0.5, 0.6) is 0 Å². The summed E-state index contributed by atoms with van der Waals surface area (Å²) in [6, 6.07) is -0.827. The van der Waals surface area contributed by atoms with Gasteiger partial charge in [0, 0.05) is 18.9 Å². The van der Waals surface area contributed by atoms with Gasteiger partial charge in [0.25, 0.3) is 0 Å². The largest absolute Gasteiger partial charge is 0.481 e. The SMILES string of the molecule is CC(C)(C)OC(=O)N[C@H]1CCC(F)(F)C[C@H]1C(=O)O. The third-order valence-corrected chi connectivity index (χ3v) is 2.84. The van der Waals surface area contributed by atoms with Gasteiger partial charge in [-0.05, 0) is 27.2 Å². The third kappa shape index (κ3) is 5.00. The van der Waals surface area contributed by atoms with Crippen molar-refractivity contribution in [2.24, 2.45) is 5.92 Å². The Hall–Kier alpha value is -1.40. The summed E-state index contributed by atoms with van der Waals surface area (Å²) in [7, 11) is 0. The number of carboxylic acid groups (broad SMARTS) is 1. The monoisotopic (exact) mass is 279 g/mol. The van der Waals surface area contributed by atoms with E-state index >= 15 is 0 Å². The van der Waals surface area contributed by atoms with Gasteiger partial charge in [-0.3, -0.25) is 4.79 Å². The second kappa shape index (κ2) is 5.30. The molecule has 0 aromatic carbocycles. The summed E-state index contributed by atoms with van der Waals surface area (Å²) in [5.74, 6) is -5.62. The van der Waals surface area contributed by atoms with E-state index in [0.717, 1.165) is 0 Å². The van der Waals surface area contributed by atoms with Crippen LogP contribution in [0.2, 0.25) is 0 Å². The van der Waals surface area contributed by atoms with Gasteiger partial charge in [0.15, 0.2) is 0 Å². The molecule has 5 nitrogen and oxygen atoms in total. The number of aliphatic carboxylic acids is 1. The summed E-state index contributed by atoms with van der Waals surface area (Å²) >= 11 is 0. The highest BCUT2D eigenvalue weighted by atomic mass is 19.3. The lowest BCUT2D eigenvalue weighted by Gasteiger charge is -2.34. The van der Waals surface area contributed by atoms with Crippen LogP contribution in [-0.4, -0.2) is 34.7 Å². The number of ether oxygens (including phenoxy) is 1. The Morgan fingerprint density at radius 1 is 1.37 bits per heavy atom. The maximum atomic E-state index is 13.2. The Balaban J connectivity index is 2.66. The summed E-state index contributed by atoms with van der Waals surface area (Å²) in [5.41, 5.74) is -0.721. The van der Waals surface area contributed by atoms with Crippen molar-refractivity contribution in [3.05, 3.63) is 0 Å². The van der Waals surface area contributed by atoms with E-state index in [2.05, 4.69) is 5.32 Å². The predicted molar refractivity (Wildman–Crippen MR) is 63.1 cm³/mol. The molecule has 0 aromatic heterocycles. The Labute approximate surface area is 110 Å². The fourth-order valence-electron chi connectivity index (χ4n) is 2.03. The van der Waals surface area contributed by atoms with Crippen LogP contribution in [-0.2, 0) is 9.53 Å². The number of carbonyl (C=O) groups excluding carboxylic acids is 1. The molecule has 110 valence electrons. The molecular formula is C12H19F2NO4. The Kier molecular flexibility index (Phi) is 4.37. The van der Waals surface area contributed by atoms with Crippen LogP contribution < -0.4 is 5.32 Å². The van der Waals surface area contributed by atoms with Crippen molar-refractivity contribution in [2.75, 3.05) is 0 Å². The Morgan fingerprint density at radius 2 is 1.95 bits per heavy atom. The van der Waals surface area contributed by atoms with E-state index in [4.69, 9.17) is 9.84 Å². The first kappa shape index (κ1) is 15.7.